The van der Waals surface area contributed by atoms with Crippen LogP contribution in [0.5, 0.6) is 11.5 Å². The van der Waals surface area contributed by atoms with Crippen molar-refractivity contribution in [2.75, 3.05) is 7.11 Å². The highest BCUT2D eigenvalue weighted by molar-refractivity contribution is 6.07. The Hall–Kier alpha value is -3.30. The van der Waals surface area contributed by atoms with Crippen LogP contribution in [0, 0.1) is 11.6 Å². The second-order valence-corrected chi connectivity index (χ2v) is 6.43. The molecule has 0 unspecified atom stereocenters. The molecule has 0 aromatic heterocycles. The highest BCUT2D eigenvalue weighted by Crippen LogP contribution is 2.34. The monoisotopic (exact) mass is 412 g/mol. The summed E-state index contributed by atoms with van der Waals surface area (Å²) in [5.41, 5.74) is -1.74. The lowest BCUT2D eigenvalue weighted by Crippen LogP contribution is -2.41. The number of carbonyl (C=O) groups is 2. The predicted octanol–water partition coefficient (Wildman–Crippen LogP) is 3.54. The molecule has 0 bridgehead atoms. The number of ether oxygens (including phenoxy) is 2. The van der Waals surface area contributed by atoms with Crippen molar-refractivity contribution in [1.82, 2.24) is 10.2 Å². The first-order chi connectivity index (χ1) is 13.7. The maximum atomic E-state index is 14.2. The van der Waals surface area contributed by atoms with Crippen molar-refractivity contribution in [1.29, 1.82) is 0 Å². The molecule has 1 heterocycles. The van der Waals surface area contributed by atoms with Gasteiger partial charge in [-0.1, -0.05) is 6.07 Å². The fourth-order valence-corrected chi connectivity index (χ4v) is 3.09. The van der Waals surface area contributed by atoms with E-state index in [0.717, 1.165) is 23.1 Å². The van der Waals surface area contributed by atoms with Gasteiger partial charge in [-0.15, -0.1) is 0 Å². The molecule has 1 atom stereocenters. The van der Waals surface area contributed by atoms with Gasteiger partial charge in [0.05, 0.1) is 13.7 Å². The van der Waals surface area contributed by atoms with Crippen LogP contribution in [0.3, 0.4) is 0 Å². The zero-order chi connectivity index (χ0) is 21.3. The molecule has 1 saturated heterocycles. The van der Waals surface area contributed by atoms with Crippen LogP contribution in [0.1, 0.15) is 18.1 Å². The Kier molecular flexibility index (Phi) is 5.36. The summed E-state index contributed by atoms with van der Waals surface area (Å²) < 4.78 is 61.9. The number of urea groups is 1. The van der Waals surface area contributed by atoms with Gasteiger partial charge in [-0.25, -0.2) is 13.6 Å². The van der Waals surface area contributed by atoms with Crippen molar-refractivity contribution >= 4 is 11.9 Å². The molecule has 2 aromatic carbocycles. The Bertz CT molecular complexity index is 969. The molecular weight excluding hydrogens is 396 g/mol. The lowest BCUT2D eigenvalue weighted by molar-refractivity contribution is -0.131. The van der Waals surface area contributed by atoms with Crippen LogP contribution < -0.4 is 14.8 Å². The number of alkyl halides is 2. The number of nitrogens with one attached hydrogen (secondary N) is 1. The van der Waals surface area contributed by atoms with Crippen LogP contribution in [0.4, 0.5) is 22.4 Å². The Labute approximate surface area is 163 Å². The minimum absolute atomic E-state index is 0.0196. The van der Waals surface area contributed by atoms with Crippen LogP contribution in [0.25, 0.3) is 0 Å². The summed E-state index contributed by atoms with van der Waals surface area (Å²) in [6.07, 6.45) is 0. The number of imide groups is 1. The molecule has 29 heavy (non-hydrogen) atoms. The van der Waals surface area contributed by atoms with Crippen LogP contribution in [0.2, 0.25) is 0 Å². The molecule has 6 nitrogen and oxygen atoms in total. The zero-order valence-corrected chi connectivity index (χ0v) is 15.3. The lowest BCUT2D eigenvalue weighted by Gasteiger charge is -2.23. The van der Waals surface area contributed by atoms with E-state index in [1.165, 1.54) is 32.2 Å². The van der Waals surface area contributed by atoms with Gasteiger partial charge in [0.1, 0.15) is 17.2 Å². The van der Waals surface area contributed by atoms with Crippen LogP contribution in [-0.4, -0.2) is 30.6 Å². The molecular formula is C19H16F4N2O4. The van der Waals surface area contributed by atoms with E-state index in [9.17, 15) is 27.2 Å². The Morgan fingerprint density at radius 2 is 1.83 bits per heavy atom. The molecule has 2 aromatic rings. The van der Waals surface area contributed by atoms with Crippen molar-refractivity contribution in [3.05, 3.63) is 59.2 Å². The molecule has 1 aliphatic heterocycles. The normalized spacial score (nSPS) is 18.9. The Balaban J connectivity index is 1.88. The van der Waals surface area contributed by atoms with Gasteiger partial charge in [-0.2, -0.15) is 8.78 Å². The van der Waals surface area contributed by atoms with Gasteiger partial charge in [0.25, 0.3) is 5.91 Å². The van der Waals surface area contributed by atoms with Crippen molar-refractivity contribution in [2.45, 2.75) is 25.6 Å². The second-order valence-electron chi connectivity index (χ2n) is 6.43. The first kappa shape index (κ1) is 20.4. The molecule has 1 aliphatic rings. The fourth-order valence-electron chi connectivity index (χ4n) is 3.09. The van der Waals surface area contributed by atoms with Gasteiger partial charge in [0, 0.05) is 5.56 Å². The maximum absolute atomic E-state index is 14.2. The van der Waals surface area contributed by atoms with Crippen LogP contribution in [0.15, 0.2) is 36.4 Å². The highest BCUT2D eigenvalue weighted by atomic mass is 19.3. The molecule has 1 N–H and O–H groups in total. The predicted molar refractivity (Wildman–Crippen MR) is 92.4 cm³/mol. The fraction of sp³-hybridized carbons (Fsp3) is 0.263. The summed E-state index contributed by atoms with van der Waals surface area (Å²) in [4.78, 5) is 26.0. The topological polar surface area (TPSA) is 67.9 Å². The van der Waals surface area contributed by atoms with E-state index < -0.39 is 35.7 Å². The summed E-state index contributed by atoms with van der Waals surface area (Å²) in [5.74, 6) is -2.63. The largest absolute Gasteiger partial charge is 0.493 e. The van der Waals surface area contributed by atoms with Gasteiger partial charge in [0.2, 0.25) is 0 Å². The number of rotatable bonds is 6. The third-order valence-corrected chi connectivity index (χ3v) is 4.53. The molecule has 3 amide bonds. The van der Waals surface area contributed by atoms with Gasteiger partial charge < -0.3 is 14.8 Å². The number of nitrogens with zero attached hydrogens (tertiary/aromatic N) is 1. The third kappa shape index (κ3) is 3.82. The first-order valence-corrected chi connectivity index (χ1v) is 8.37. The second kappa shape index (κ2) is 7.61. The average molecular weight is 412 g/mol. The Morgan fingerprint density at radius 1 is 1.10 bits per heavy atom. The van der Waals surface area contributed by atoms with Gasteiger partial charge in [-0.3, -0.25) is 9.69 Å². The molecule has 0 saturated carbocycles. The summed E-state index contributed by atoms with van der Waals surface area (Å²) in [5, 5.41) is 2.38. The van der Waals surface area contributed by atoms with Gasteiger partial charge in [0.15, 0.2) is 11.5 Å². The van der Waals surface area contributed by atoms with E-state index in [1.54, 1.807) is 0 Å². The van der Waals surface area contributed by atoms with Gasteiger partial charge >= 0.3 is 12.6 Å². The first-order valence-electron chi connectivity index (χ1n) is 8.37. The average Bonchev–Trinajstić information content (AvgIpc) is 2.88. The standard InChI is InChI=1S/C19H16F4N2O4/c1-19(12-8-11(20)4-5-13(12)21)16(26)25(18(27)24-19)9-10-3-6-14(29-17(22)23)15(7-10)28-2/h3-8,17H,9H2,1-2H3,(H,24,27)/t19-/m0/s1. The summed E-state index contributed by atoms with van der Waals surface area (Å²) in [6.45, 7) is -2.03. The van der Waals surface area contributed by atoms with Crippen LogP contribution >= 0.6 is 0 Å². The minimum atomic E-state index is -3.05. The number of amides is 3. The molecule has 154 valence electrons. The van der Waals surface area contributed by atoms with E-state index in [1.807, 2.05) is 0 Å². The van der Waals surface area contributed by atoms with E-state index >= 15 is 0 Å². The van der Waals surface area contributed by atoms with E-state index in [2.05, 4.69) is 10.1 Å². The minimum Gasteiger partial charge on any atom is -0.493 e. The Morgan fingerprint density at radius 3 is 2.48 bits per heavy atom. The van der Waals surface area contributed by atoms with Gasteiger partial charge in [-0.05, 0) is 42.8 Å². The number of carbonyl (C=O) groups excluding carboxylic acids is 2. The number of benzene rings is 2. The summed E-state index contributed by atoms with van der Waals surface area (Å²) in [6, 6.07) is 5.71. The maximum Gasteiger partial charge on any atom is 0.387 e. The SMILES string of the molecule is COc1cc(CN2C(=O)N[C@@](C)(c3cc(F)ccc3F)C2=O)ccc1OC(F)F. The van der Waals surface area contributed by atoms with Crippen molar-refractivity contribution in [2.24, 2.45) is 0 Å². The number of methoxy groups -OCH3 is 1. The molecule has 0 spiro atoms. The van der Waals surface area contributed by atoms with E-state index in [0.29, 0.717) is 5.56 Å². The smallest absolute Gasteiger partial charge is 0.387 e. The quantitative estimate of drug-likeness (QED) is 0.582. The molecule has 0 aliphatic carbocycles. The summed E-state index contributed by atoms with van der Waals surface area (Å²) in [7, 11) is 1.24. The van der Waals surface area contributed by atoms with Crippen molar-refractivity contribution < 1.29 is 36.6 Å². The lowest BCUT2D eigenvalue weighted by atomic mass is 9.91. The van der Waals surface area contributed by atoms with E-state index in [-0.39, 0.29) is 23.6 Å². The summed E-state index contributed by atoms with van der Waals surface area (Å²) >= 11 is 0. The molecule has 0 radical (unpaired) electrons. The third-order valence-electron chi connectivity index (χ3n) is 4.53. The van der Waals surface area contributed by atoms with Crippen molar-refractivity contribution in [3.8, 4) is 11.5 Å². The van der Waals surface area contributed by atoms with E-state index in [4.69, 9.17) is 4.74 Å². The number of hydrogen-bond donors (Lipinski definition) is 1. The highest BCUT2D eigenvalue weighted by Gasteiger charge is 2.50. The van der Waals surface area contributed by atoms with Crippen molar-refractivity contribution in [3.63, 3.8) is 0 Å². The molecule has 1 fully saturated rings. The number of halogens is 4. The zero-order valence-electron chi connectivity index (χ0n) is 15.3. The molecule has 3 rings (SSSR count). The number of hydrogen-bond acceptors (Lipinski definition) is 4. The van der Waals surface area contributed by atoms with Crippen LogP contribution in [-0.2, 0) is 16.9 Å². The molecule has 10 heteroatoms.